The van der Waals surface area contributed by atoms with Crippen molar-refractivity contribution in [2.45, 2.75) is 57.5 Å². The maximum absolute atomic E-state index is 13.1. The molecule has 1 rings (SSSR count). The maximum atomic E-state index is 13.1. The minimum absolute atomic E-state index is 0.0994. The Morgan fingerprint density at radius 3 is 2.56 bits per heavy atom. The Morgan fingerprint density at radius 1 is 1.39 bits per heavy atom. The SMILES string of the molecule is CCOC1CCCN(C(C(N)CC)C(F)(F)F)C1. The summed E-state index contributed by atoms with van der Waals surface area (Å²) in [5.74, 6) is 0. The van der Waals surface area contributed by atoms with Crippen molar-refractivity contribution in [2.75, 3.05) is 19.7 Å². The predicted molar refractivity (Wildman–Crippen MR) is 64.3 cm³/mol. The smallest absolute Gasteiger partial charge is 0.377 e. The largest absolute Gasteiger partial charge is 0.405 e. The Hall–Kier alpha value is -0.330. The molecule has 18 heavy (non-hydrogen) atoms. The molecular formula is C12H23F3N2O. The van der Waals surface area contributed by atoms with Crippen LogP contribution in [-0.2, 0) is 4.74 Å². The quantitative estimate of drug-likeness (QED) is 0.830. The van der Waals surface area contributed by atoms with Crippen LogP contribution >= 0.6 is 0 Å². The minimum atomic E-state index is -4.27. The molecule has 3 atom stereocenters. The maximum Gasteiger partial charge on any atom is 0.405 e. The first-order valence-electron chi connectivity index (χ1n) is 6.58. The lowest BCUT2D eigenvalue weighted by Crippen LogP contribution is -2.59. The molecule has 0 bridgehead atoms. The molecule has 1 saturated heterocycles. The molecule has 0 aromatic carbocycles. The zero-order valence-corrected chi connectivity index (χ0v) is 11.0. The highest BCUT2D eigenvalue weighted by atomic mass is 19.4. The second kappa shape index (κ2) is 6.73. The fraction of sp³-hybridized carbons (Fsp3) is 1.00. The van der Waals surface area contributed by atoms with Gasteiger partial charge in [0.15, 0.2) is 0 Å². The molecule has 3 unspecified atom stereocenters. The fourth-order valence-electron chi connectivity index (χ4n) is 2.53. The summed E-state index contributed by atoms with van der Waals surface area (Å²) in [5.41, 5.74) is 5.65. The zero-order chi connectivity index (χ0) is 13.8. The highest BCUT2D eigenvalue weighted by molar-refractivity contribution is 4.90. The third kappa shape index (κ3) is 4.10. The number of hydrogen-bond donors (Lipinski definition) is 1. The number of halogens is 3. The summed E-state index contributed by atoms with van der Waals surface area (Å²) in [6.45, 7) is 4.85. The van der Waals surface area contributed by atoms with Gasteiger partial charge >= 0.3 is 6.18 Å². The van der Waals surface area contributed by atoms with Gasteiger partial charge in [0, 0.05) is 19.2 Å². The molecule has 1 aliphatic heterocycles. The van der Waals surface area contributed by atoms with Gasteiger partial charge in [-0.3, -0.25) is 4.90 Å². The highest BCUT2D eigenvalue weighted by Gasteiger charge is 2.47. The molecule has 3 nitrogen and oxygen atoms in total. The van der Waals surface area contributed by atoms with E-state index < -0.39 is 18.3 Å². The van der Waals surface area contributed by atoms with Gasteiger partial charge in [0.1, 0.15) is 6.04 Å². The van der Waals surface area contributed by atoms with Gasteiger partial charge in [-0.1, -0.05) is 6.92 Å². The van der Waals surface area contributed by atoms with Crippen LogP contribution in [0.2, 0.25) is 0 Å². The first-order chi connectivity index (χ1) is 8.40. The van der Waals surface area contributed by atoms with Gasteiger partial charge in [0.25, 0.3) is 0 Å². The first-order valence-corrected chi connectivity index (χ1v) is 6.58. The Kier molecular flexibility index (Phi) is 5.88. The standard InChI is InChI=1S/C12H23F3N2O/c1-3-10(16)11(12(13,14)15)17-7-5-6-9(8-17)18-4-2/h9-11H,3-8,16H2,1-2H3. The van der Waals surface area contributed by atoms with Crippen LogP contribution in [0, 0.1) is 0 Å². The number of hydrogen-bond acceptors (Lipinski definition) is 3. The second-order valence-corrected chi connectivity index (χ2v) is 4.77. The van der Waals surface area contributed by atoms with Gasteiger partial charge < -0.3 is 10.5 Å². The summed E-state index contributed by atoms with van der Waals surface area (Å²) in [7, 11) is 0. The third-order valence-electron chi connectivity index (χ3n) is 3.42. The van der Waals surface area contributed by atoms with E-state index in [1.165, 1.54) is 4.90 Å². The molecule has 0 amide bonds. The van der Waals surface area contributed by atoms with Crippen molar-refractivity contribution in [2.24, 2.45) is 5.73 Å². The van der Waals surface area contributed by atoms with Gasteiger partial charge in [0.2, 0.25) is 0 Å². The molecule has 2 N–H and O–H groups in total. The van der Waals surface area contributed by atoms with Crippen molar-refractivity contribution in [3.8, 4) is 0 Å². The van der Waals surface area contributed by atoms with Crippen molar-refractivity contribution in [1.29, 1.82) is 0 Å². The molecule has 1 heterocycles. The molecule has 1 aliphatic rings. The van der Waals surface area contributed by atoms with Crippen LogP contribution in [0.5, 0.6) is 0 Å². The van der Waals surface area contributed by atoms with E-state index in [0.29, 0.717) is 26.1 Å². The van der Waals surface area contributed by atoms with Crippen molar-refractivity contribution in [1.82, 2.24) is 4.90 Å². The number of nitrogens with zero attached hydrogens (tertiary/aromatic N) is 1. The van der Waals surface area contributed by atoms with Crippen LogP contribution in [0.3, 0.4) is 0 Å². The fourth-order valence-corrected chi connectivity index (χ4v) is 2.53. The summed E-state index contributed by atoms with van der Waals surface area (Å²) in [5, 5.41) is 0. The van der Waals surface area contributed by atoms with Crippen molar-refractivity contribution in [3.63, 3.8) is 0 Å². The van der Waals surface area contributed by atoms with Gasteiger partial charge in [-0.05, 0) is 32.7 Å². The minimum Gasteiger partial charge on any atom is -0.377 e. The summed E-state index contributed by atoms with van der Waals surface area (Å²) in [6.07, 6.45) is -2.49. The molecule has 0 aromatic rings. The molecule has 0 saturated carbocycles. The molecule has 0 aliphatic carbocycles. The molecule has 1 fully saturated rings. The Balaban J connectivity index is 2.73. The summed E-state index contributed by atoms with van der Waals surface area (Å²) < 4.78 is 44.7. The van der Waals surface area contributed by atoms with E-state index in [2.05, 4.69) is 0 Å². The summed E-state index contributed by atoms with van der Waals surface area (Å²) >= 11 is 0. The van der Waals surface area contributed by atoms with Crippen LogP contribution in [0.4, 0.5) is 13.2 Å². The van der Waals surface area contributed by atoms with Crippen molar-refractivity contribution < 1.29 is 17.9 Å². The molecule has 108 valence electrons. The number of ether oxygens (including phenoxy) is 1. The number of likely N-dealkylation sites (tertiary alicyclic amines) is 1. The van der Waals surface area contributed by atoms with Crippen LogP contribution in [0.15, 0.2) is 0 Å². The van der Waals surface area contributed by atoms with Crippen LogP contribution < -0.4 is 5.73 Å². The summed E-state index contributed by atoms with van der Waals surface area (Å²) in [4.78, 5) is 1.44. The lowest BCUT2D eigenvalue weighted by Gasteiger charge is -2.41. The van der Waals surface area contributed by atoms with Gasteiger partial charge in [-0.25, -0.2) is 0 Å². The number of alkyl halides is 3. The number of nitrogens with two attached hydrogens (primary N) is 1. The molecule has 0 radical (unpaired) electrons. The van der Waals surface area contributed by atoms with Gasteiger partial charge in [-0.2, -0.15) is 13.2 Å². The van der Waals surface area contributed by atoms with Crippen LogP contribution in [0.1, 0.15) is 33.1 Å². The van der Waals surface area contributed by atoms with E-state index in [4.69, 9.17) is 10.5 Å². The van der Waals surface area contributed by atoms with E-state index >= 15 is 0 Å². The molecular weight excluding hydrogens is 245 g/mol. The van der Waals surface area contributed by atoms with Crippen molar-refractivity contribution >= 4 is 0 Å². The van der Waals surface area contributed by atoms with E-state index in [-0.39, 0.29) is 6.10 Å². The average molecular weight is 268 g/mol. The third-order valence-corrected chi connectivity index (χ3v) is 3.42. The Morgan fingerprint density at radius 2 is 2.06 bits per heavy atom. The van der Waals surface area contributed by atoms with Gasteiger partial charge in [0.05, 0.1) is 6.10 Å². The zero-order valence-electron chi connectivity index (χ0n) is 11.0. The highest BCUT2D eigenvalue weighted by Crippen LogP contribution is 2.30. The van der Waals surface area contributed by atoms with E-state index in [1.54, 1.807) is 6.92 Å². The van der Waals surface area contributed by atoms with E-state index in [1.807, 2.05) is 6.92 Å². The summed E-state index contributed by atoms with van der Waals surface area (Å²) in [6, 6.07) is -2.42. The van der Waals surface area contributed by atoms with E-state index in [9.17, 15) is 13.2 Å². The number of piperidine rings is 1. The van der Waals surface area contributed by atoms with E-state index in [0.717, 1.165) is 12.8 Å². The lowest BCUT2D eigenvalue weighted by molar-refractivity contribution is -0.197. The monoisotopic (exact) mass is 268 g/mol. The normalized spacial score (nSPS) is 26.0. The predicted octanol–water partition coefficient (Wildman–Crippen LogP) is 2.16. The lowest BCUT2D eigenvalue weighted by atomic mass is 9.99. The topological polar surface area (TPSA) is 38.5 Å². The molecule has 0 aromatic heterocycles. The van der Waals surface area contributed by atoms with Crippen molar-refractivity contribution in [3.05, 3.63) is 0 Å². The van der Waals surface area contributed by atoms with Crippen LogP contribution in [0.25, 0.3) is 0 Å². The first kappa shape index (κ1) is 15.7. The Labute approximate surface area is 106 Å². The second-order valence-electron chi connectivity index (χ2n) is 4.77. The van der Waals surface area contributed by atoms with Gasteiger partial charge in [-0.15, -0.1) is 0 Å². The molecule has 6 heteroatoms. The molecule has 0 spiro atoms. The average Bonchev–Trinajstić information content (AvgIpc) is 2.28. The Bertz CT molecular complexity index is 246. The van der Waals surface area contributed by atoms with Crippen LogP contribution in [-0.4, -0.2) is 49.0 Å². The number of rotatable bonds is 5.